The molecular formula is C10H23NO4S. The second kappa shape index (κ2) is 8.92. The van der Waals surface area contributed by atoms with Gasteiger partial charge in [0, 0.05) is 20.3 Å². The van der Waals surface area contributed by atoms with Crippen LogP contribution in [-0.4, -0.2) is 46.1 Å². The number of aliphatic hydroxyl groups is 1. The molecule has 0 radical (unpaired) electrons. The molecule has 0 amide bonds. The topological polar surface area (TPSA) is 75.6 Å². The Kier molecular flexibility index (Phi) is 8.83. The number of ether oxygens (including phenoxy) is 1. The number of aliphatic hydroxyl groups excluding tert-OH is 1. The van der Waals surface area contributed by atoms with E-state index in [4.69, 9.17) is 9.84 Å². The summed E-state index contributed by atoms with van der Waals surface area (Å²) in [5.74, 6) is 0.203. The van der Waals surface area contributed by atoms with Crippen molar-refractivity contribution in [2.45, 2.75) is 26.2 Å². The minimum Gasteiger partial charge on any atom is -0.396 e. The van der Waals surface area contributed by atoms with E-state index in [9.17, 15) is 8.42 Å². The van der Waals surface area contributed by atoms with E-state index < -0.39 is 10.0 Å². The van der Waals surface area contributed by atoms with Gasteiger partial charge in [-0.3, -0.25) is 0 Å². The van der Waals surface area contributed by atoms with Crippen LogP contribution in [0.25, 0.3) is 0 Å². The van der Waals surface area contributed by atoms with E-state index in [2.05, 4.69) is 4.72 Å². The Morgan fingerprint density at radius 1 is 1.38 bits per heavy atom. The van der Waals surface area contributed by atoms with Crippen molar-refractivity contribution >= 4 is 10.0 Å². The van der Waals surface area contributed by atoms with Crippen LogP contribution >= 0.6 is 0 Å². The number of methoxy groups -OCH3 is 1. The molecule has 0 aliphatic rings. The summed E-state index contributed by atoms with van der Waals surface area (Å²) < 4.78 is 30.2. The molecule has 0 saturated heterocycles. The fraction of sp³-hybridized carbons (Fsp3) is 1.00. The van der Waals surface area contributed by atoms with Crippen molar-refractivity contribution < 1.29 is 18.3 Å². The van der Waals surface area contributed by atoms with Gasteiger partial charge in [-0.05, 0) is 18.8 Å². The maximum atomic E-state index is 11.4. The predicted molar refractivity (Wildman–Crippen MR) is 63.8 cm³/mol. The van der Waals surface area contributed by atoms with Gasteiger partial charge in [-0.2, -0.15) is 0 Å². The summed E-state index contributed by atoms with van der Waals surface area (Å²) >= 11 is 0. The zero-order chi connectivity index (χ0) is 12.4. The number of sulfonamides is 1. The highest BCUT2D eigenvalue weighted by atomic mass is 32.2. The Labute approximate surface area is 98.2 Å². The molecule has 0 heterocycles. The normalized spacial score (nSPS) is 13.9. The minimum atomic E-state index is -3.23. The lowest BCUT2D eigenvalue weighted by Gasteiger charge is -2.15. The first-order valence-corrected chi connectivity index (χ1v) is 7.28. The first-order chi connectivity index (χ1) is 7.55. The Morgan fingerprint density at radius 2 is 2.06 bits per heavy atom. The van der Waals surface area contributed by atoms with Crippen LogP contribution in [0.4, 0.5) is 0 Å². The van der Waals surface area contributed by atoms with E-state index in [-0.39, 0.29) is 24.9 Å². The zero-order valence-electron chi connectivity index (χ0n) is 10.1. The van der Waals surface area contributed by atoms with E-state index in [1.165, 1.54) is 7.11 Å². The Hall–Kier alpha value is -0.170. The van der Waals surface area contributed by atoms with Crippen molar-refractivity contribution in [1.82, 2.24) is 4.72 Å². The van der Waals surface area contributed by atoms with E-state index in [1.54, 1.807) is 0 Å². The first kappa shape index (κ1) is 15.8. The van der Waals surface area contributed by atoms with Crippen molar-refractivity contribution in [1.29, 1.82) is 0 Å². The van der Waals surface area contributed by atoms with Crippen LogP contribution in [0.2, 0.25) is 0 Å². The third kappa shape index (κ3) is 8.04. The van der Waals surface area contributed by atoms with Crippen LogP contribution in [0, 0.1) is 5.92 Å². The SMILES string of the molecule is CCCC(CCO)CNS(=O)(=O)CCOC. The van der Waals surface area contributed by atoms with Crippen LogP contribution in [-0.2, 0) is 14.8 Å². The predicted octanol–water partition coefficient (Wildman–Crippen LogP) is 0.351. The lowest BCUT2D eigenvalue weighted by atomic mass is 10.0. The fourth-order valence-electron chi connectivity index (χ4n) is 1.45. The third-order valence-electron chi connectivity index (χ3n) is 2.38. The van der Waals surface area contributed by atoms with Gasteiger partial charge in [-0.1, -0.05) is 13.3 Å². The van der Waals surface area contributed by atoms with Gasteiger partial charge in [0.15, 0.2) is 0 Å². The average molecular weight is 253 g/mol. The Balaban J connectivity index is 3.97. The number of hydrogen-bond donors (Lipinski definition) is 2. The second-order valence-electron chi connectivity index (χ2n) is 3.83. The standard InChI is InChI=1S/C10H23NO4S/c1-3-4-10(5-6-12)9-11-16(13,14)8-7-15-2/h10-12H,3-9H2,1-2H3. The molecule has 0 aromatic carbocycles. The molecular weight excluding hydrogens is 230 g/mol. The third-order valence-corrected chi connectivity index (χ3v) is 3.69. The number of hydrogen-bond acceptors (Lipinski definition) is 4. The highest BCUT2D eigenvalue weighted by Gasteiger charge is 2.13. The van der Waals surface area contributed by atoms with Crippen LogP contribution < -0.4 is 4.72 Å². The molecule has 0 spiro atoms. The van der Waals surface area contributed by atoms with Crippen LogP contribution in [0.5, 0.6) is 0 Å². The van der Waals surface area contributed by atoms with Gasteiger partial charge in [0.2, 0.25) is 10.0 Å². The second-order valence-corrected chi connectivity index (χ2v) is 5.75. The Morgan fingerprint density at radius 3 is 2.56 bits per heavy atom. The van der Waals surface area contributed by atoms with Crippen molar-refractivity contribution in [2.24, 2.45) is 5.92 Å². The molecule has 0 saturated carbocycles. The van der Waals surface area contributed by atoms with Gasteiger partial charge in [0.1, 0.15) is 0 Å². The van der Waals surface area contributed by atoms with Crippen molar-refractivity contribution in [3.8, 4) is 0 Å². The monoisotopic (exact) mass is 253 g/mol. The highest BCUT2D eigenvalue weighted by molar-refractivity contribution is 7.89. The smallest absolute Gasteiger partial charge is 0.213 e. The highest BCUT2D eigenvalue weighted by Crippen LogP contribution is 2.09. The van der Waals surface area contributed by atoms with E-state index >= 15 is 0 Å². The summed E-state index contributed by atoms with van der Waals surface area (Å²) in [5.41, 5.74) is 0. The molecule has 6 heteroatoms. The van der Waals surface area contributed by atoms with Crippen molar-refractivity contribution in [3.63, 3.8) is 0 Å². The number of nitrogens with one attached hydrogen (secondary N) is 1. The molecule has 2 N–H and O–H groups in total. The molecule has 0 rings (SSSR count). The van der Waals surface area contributed by atoms with E-state index in [1.807, 2.05) is 6.92 Å². The summed E-state index contributed by atoms with van der Waals surface area (Å²) in [5, 5.41) is 8.84. The maximum absolute atomic E-state index is 11.4. The molecule has 0 aliphatic carbocycles. The molecule has 1 unspecified atom stereocenters. The number of rotatable bonds is 10. The Bertz CT molecular complexity index is 248. The van der Waals surface area contributed by atoms with Gasteiger partial charge in [0.05, 0.1) is 12.4 Å². The van der Waals surface area contributed by atoms with Gasteiger partial charge >= 0.3 is 0 Å². The van der Waals surface area contributed by atoms with Crippen LogP contribution in [0.3, 0.4) is 0 Å². The molecule has 98 valence electrons. The quantitative estimate of drug-likeness (QED) is 0.589. The first-order valence-electron chi connectivity index (χ1n) is 5.62. The average Bonchev–Trinajstić information content (AvgIpc) is 2.24. The molecule has 0 aromatic heterocycles. The van der Waals surface area contributed by atoms with Crippen LogP contribution in [0.15, 0.2) is 0 Å². The van der Waals surface area contributed by atoms with Gasteiger partial charge < -0.3 is 9.84 Å². The molecule has 0 bridgehead atoms. The lowest BCUT2D eigenvalue weighted by molar-refractivity contribution is 0.216. The molecule has 0 fully saturated rings. The minimum absolute atomic E-state index is 0.0124. The molecule has 5 nitrogen and oxygen atoms in total. The molecule has 16 heavy (non-hydrogen) atoms. The van der Waals surface area contributed by atoms with Gasteiger partial charge in [-0.15, -0.1) is 0 Å². The molecule has 0 aliphatic heterocycles. The lowest BCUT2D eigenvalue weighted by Crippen LogP contribution is -2.32. The maximum Gasteiger partial charge on any atom is 0.213 e. The van der Waals surface area contributed by atoms with E-state index in [0.29, 0.717) is 13.0 Å². The van der Waals surface area contributed by atoms with Crippen molar-refractivity contribution in [2.75, 3.05) is 32.6 Å². The van der Waals surface area contributed by atoms with Crippen LogP contribution in [0.1, 0.15) is 26.2 Å². The van der Waals surface area contributed by atoms with Crippen molar-refractivity contribution in [3.05, 3.63) is 0 Å². The zero-order valence-corrected chi connectivity index (χ0v) is 10.9. The summed E-state index contributed by atoms with van der Waals surface area (Å²) in [6.07, 6.45) is 2.55. The summed E-state index contributed by atoms with van der Waals surface area (Å²) in [4.78, 5) is 0. The summed E-state index contributed by atoms with van der Waals surface area (Å²) in [7, 11) is -1.76. The molecule has 0 aromatic rings. The van der Waals surface area contributed by atoms with Gasteiger partial charge in [-0.25, -0.2) is 13.1 Å². The van der Waals surface area contributed by atoms with Gasteiger partial charge in [0.25, 0.3) is 0 Å². The largest absolute Gasteiger partial charge is 0.396 e. The van der Waals surface area contributed by atoms with E-state index in [0.717, 1.165) is 12.8 Å². The fourth-order valence-corrected chi connectivity index (χ4v) is 2.47. The molecule has 1 atom stereocenters. The summed E-state index contributed by atoms with van der Waals surface area (Å²) in [6.45, 7) is 2.75. The summed E-state index contributed by atoms with van der Waals surface area (Å²) in [6, 6.07) is 0.